The lowest BCUT2D eigenvalue weighted by atomic mass is 10.3. The Hall–Kier alpha value is -1.36. The monoisotopic (exact) mass is 183 g/mol. The Morgan fingerprint density at radius 3 is 3.08 bits per heavy atom. The van der Waals surface area contributed by atoms with Gasteiger partial charge < -0.3 is 15.6 Å². The molecule has 13 heavy (non-hydrogen) atoms. The standard InChI is InChI=1S/C8H13N3O2/c1-6-4-7(13-11-6)5-10-3-2-8(9)12/h4,10H,2-3,5H2,1H3,(H2,9,12). The Balaban J connectivity index is 2.16. The van der Waals surface area contributed by atoms with E-state index in [0.717, 1.165) is 11.5 Å². The molecule has 0 aliphatic carbocycles. The van der Waals surface area contributed by atoms with Crippen LogP contribution >= 0.6 is 0 Å². The maximum absolute atomic E-state index is 10.4. The first-order valence-electron chi connectivity index (χ1n) is 4.09. The fourth-order valence-corrected chi connectivity index (χ4v) is 0.923. The van der Waals surface area contributed by atoms with Gasteiger partial charge in [0.05, 0.1) is 12.2 Å². The summed E-state index contributed by atoms with van der Waals surface area (Å²) >= 11 is 0. The van der Waals surface area contributed by atoms with Gasteiger partial charge in [0.25, 0.3) is 0 Å². The van der Waals surface area contributed by atoms with Gasteiger partial charge in [0.15, 0.2) is 5.76 Å². The van der Waals surface area contributed by atoms with Crippen LogP contribution in [-0.2, 0) is 11.3 Å². The van der Waals surface area contributed by atoms with Gasteiger partial charge >= 0.3 is 0 Å². The van der Waals surface area contributed by atoms with Crippen LogP contribution in [0.2, 0.25) is 0 Å². The molecule has 72 valence electrons. The third-order valence-electron chi connectivity index (χ3n) is 1.52. The van der Waals surface area contributed by atoms with Crippen molar-refractivity contribution in [2.75, 3.05) is 6.54 Å². The SMILES string of the molecule is Cc1cc(CNCCC(N)=O)on1. The zero-order valence-electron chi connectivity index (χ0n) is 7.54. The number of carbonyl (C=O) groups excluding carboxylic acids is 1. The van der Waals surface area contributed by atoms with Gasteiger partial charge in [-0.25, -0.2) is 0 Å². The number of aromatic nitrogens is 1. The molecule has 5 nitrogen and oxygen atoms in total. The normalized spacial score (nSPS) is 10.2. The molecule has 0 bridgehead atoms. The highest BCUT2D eigenvalue weighted by Crippen LogP contribution is 2.00. The van der Waals surface area contributed by atoms with E-state index in [1.807, 2.05) is 13.0 Å². The van der Waals surface area contributed by atoms with Crippen LogP contribution in [0, 0.1) is 6.92 Å². The highest BCUT2D eigenvalue weighted by atomic mass is 16.5. The Bertz CT molecular complexity index is 283. The van der Waals surface area contributed by atoms with Crippen molar-refractivity contribution in [1.82, 2.24) is 10.5 Å². The smallest absolute Gasteiger partial charge is 0.218 e. The summed E-state index contributed by atoms with van der Waals surface area (Å²) < 4.78 is 4.94. The molecule has 0 fully saturated rings. The molecule has 1 aromatic heterocycles. The summed E-state index contributed by atoms with van der Waals surface area (Å²) in [6.45, 7) is 3.00. The Kier molecular flexibility index (Phi) is 3.45. The quantitative estimate of drug-likeness (QED) is 0.627. The zero-order chi connectivity index (χ0) is 9.68. The van der Waals surface area contributed by atoms with E-state index < -0.39 is 0 Å². The summed E-state index contributed by atoms with van der Waals surface area (Å²) in [5, 5.41) is 6.74. The van der Waals surface area contributed by atoms with Crippen LogP contribution < -0.4 is 11.1 Å². The van der Waals surface area contributed by atoms with E-state index in [1.54, 1.807) is 0 Å². The minimum atomic E-state index is -0.304. The van der Waals surface area contributed by atoms with E-state index in [0.29, 0.717) is 19.5 Å². The van der Waals surface area contributed by atoms with E-state index in [1.165, 1.54) is 0 Å². The molecule has 0 atom stereocenters. The van der Waals surface area contributed by atoms with E-state index in [9.17, 15) is 4.79 Å². The summed E-state index contributed by atoms with van der Waals surface area (Å²) in [7, 11) is 0. The van der Waals surface area contributed by atoms with Crippen LogP contribution in [0.1, 0.15) is 17.9 Å². The molecule has 0 saturated carbocycles. The second kappa shape index (κ2) is 4.61. The molecule has 0 saturated heterocycles. The summed E-state index contributed by atoms with van der Waals surface area (Å²) in [6, 6.07) is 1.84. The fraction of sp³-hybridized carbons (Fsp3) is 0.500. The topological polar surface area (TPSA) is 81.1 Å². The lowest BCUT2D eigenvalue weighted by molar-refractivity contribution is -0.117. The lowest BCUT2D eigenvalue weighted by Gasteiger charge is -1.98. The zero-order valence-corrected chi connectivity index (χ0v) is 7.54. The highest BCUT2D eigenvalue weighted by Gasteiger charge is 1.99. The molecular formula is C8H13N3O2. The van der Waals surface area contributed by atoms with Crippen LogP contribution in [-0.4, -0.2) is 17.6 Å². The molecule has 5 heteroatoms. The van der Waals surface area contributed by atoms with Gasteiger partial charge in [-0.3, -0.25) is 4.79 Å². The van der Waals surface area contributed by atoms with E-state index in [-0.39, 0.29) is 5.91 Å². The average molecular weight is 183 g/mol. The van der Waals surface area contributed by atoms with Crippen LogP contribution in [0.15, 0.2) is 10.6 Å². The maximum atomic E-state index is 10.4. The van der Waals surface area contributed by atoms with E-state index in [2.05, 4.69) is 10.5 Å². The molecule has 1 heterocycles. The number of rotatable bonds is 5. The van der Waals surface area contributed by atoms with E-state index in [4.69, 9.17) is 10.3 Å². The predicted molar refractivity (Wildman–Crippen MR) is 46.8 cm³/mol. The fourth-order valence-electron chi connectivity index (χ4n) is 0.923. The second-order valence-electron chi connectivity index (χ2n) is 2.83. The Labute approximate surface area is 76.3 Å². The van der Waals surface area contributed by atoms with Crippen molar-refractivity contribution in [2.45, 2.75) is 19.9 Å². The van der Waals surface area contributed by atoms with Gasteiger partial charge in [-0.05, 0) is 6.92 Å². The van der Waals surface area contributed by atoms with Crippen LogP contribution in [0.5, 0.6) is 0 Å². The Morgan fingerprint density at radius 2 is 2.54 bits per heavy atom. The molecule has 0 unspecified atom stereocenters. The number of nitrogens with one attached hydrogen (secondary N) is 1. The summed E-state index contributed by atoms with van der Waals surface area (Å²) in [5.74, 6) is 0.461. The molecule has 1 aromatic rings. The van der Waals surface area contributed by atoms with Crippen molar-refractivity contribution < 1.29 is 9.32 Å². The average Bonchev–Trinajstić information content (AvgIpc) is 2.45. The second-order valence-corrected chi connectivity index (χ2v) is 2.83. The number of hydrogen-bond acceptors (Lipinski definition) is 4. The number of amides is 1. The van der Waals surface area contributed by atoms with Crippen molar-refractivity contribution >= 4 is 5.91 Å². The molecule has 0 aliphatic heterocycles. The number of nitrogens with zero attached hydrogens (tertiary/aromatic N) is 1. The summed E-state index contributed by atoms with van der Waals surface area (Å²) in [5.41, 5.74) is 5.81. The van der Waals surface area contributed by atoms with Gasteiger partial charge in [0.2, 0.25) is 5.91 Å². The van der Waals surface area contributed by atoms with Crippen molar-refractivity contribution in [1.29, 1.82) is 0 Å². The molecule has 3 N–H and O–H groups in total. The maximum Gasteiger partial charge on any atom is 0.218 e. The van der Waals surface area contributed by atoms with Crippen molar-refractivity contribution in [3.8, 4) is 0 Å². The van der Waals surface area contributed by atoms with Crippen LogP contribution in [0.3, 0.4) is 0 Å². The first kappa shape index (κ1) is 9.73. The molecule has 1 rings (SSSR count). The van der Waals surface area contributed by atoms with Crippen molar-refractivity contribution in [3.63, 3.8) is 0 Å². The van der Waals surface area contributed by atoms with Gasteiger partial charge in [-0.15, -0.1) is 0 Å². The molecule has 0 aromatic carbocycles. The predicted octanol–water partition coefficient (Wildman–Crippen LogP) is -0.0520. The van der Waals surface area contributed by atoms with Crippen molar-refractivity contribution in [2.24, 2.45) is 5.73 Å². The number of aryl methyl sites for hydroxylation is 1. The minimum absolute atomic E-state index is 0.304. The first-order valence-corrected chi connectivity index (χ1v) is 4.09. The van der Waals surface area contributed by atoms with Crippen LogP contribution in [0.25, 0.3) is 0 Å². The van der Waals surface area contributed by atoms with Crippen LogP contribution in [0.4, 0.5) is 0 Å². The van der Waals surface area contributed by atoms with Gasteiger partial charge in [-0.1, -0.05) is 5.16 Å². The molecule has 1 amide bonds. The highest BCUT2D eigenvalue weighted by molar-refractivity contribution is 5.73. The first-order chi connectivity index (χ1) is 6.18. The summed E-state index contributed by atoms with van der Waals surface area (Å²) in [6.07, 6.45) is 0.340. The lowest BCUT2D eigenvalue weighted by Crippen LogP contribution is -2.21. The minimum Gasteiger partial charge on any atom is -0.370 e. The van der Waals surface area contributed by atoms with Gasteiger partial charge in [0.1, 0.15) is 0 Å². The van der Waals surface area contributed by atoms with Gasteiger partial charge in [-0.2, -0.15) is 0 Å². The Morgan fingerprint density at radius 1 is 1.77 bits per heavy atom. The van der Waals surface area contributed by atoms with Gasteiger partial charge in [0, 0.05) is 19.0 Å². The number of hydrogen-bond donors (Lipinski definition) is 2. The summed E-state index contributed by atoms with van der Waals surface area (Å²) in [4.78, 5) is 10.4. The molecular weight excluding hydrogens is 170 g/mol. The van der Waals surface area contributed by atoms with Crippen molar-refractivity contribution in [3.05, 3.63) is 17.5 Å². The number of nitrogens with two attached hydrogens (primary N) is 1. The molecule has 0 radical (unpaired) electrons. The molecule has 0 spiro atoms. The largest absolute Gasteiger partial charge is 0.370 e. The molecule has 0 aliphatic rings. The third kappa shape index (κ3) is 3.71. The van der Waals surface area contributed by atoms with E-state index >= 15 is 0 Å². The number of primary amides is 1. The number of carbonyl (C=O) groups is 1. The third-order valence-corrected chi connectivity index (χ3v) is 1.52.